The van der Waals surface area contributed by atoms with Crippen molar-refractivity contribution in [1.82, 2.24) is 10.2 Å². The number of hydrogen-bond acceptors (Lipinski definition) is 6. The van der Waals surface area contributed by atoms with Gasteiger partial charge < -0.3 is 20.8 Å². The second-order valence-corrected chi connectivity index (χ2v) is 8.28. The van der Waals surface area contributed by atoms with Crippen molar-refractivity contribution in [2.45, 2.75) is 39.0 Å². The summed E-state index contributed by atoms with van der Waals surface area (Å²) >= 11 is 0. The van der Waals surface area contributed by atoms with Gasteiger partial charge in [-0.15, -0.1) is 0 Å². The van der Waals surface area contributed by atoms with E-state index in [0.29, 0.717) is 23.4 Å². The molecule has 2 aromatic carbocycles. The zero-order valence-corrected chi connectivity index (χ0v) is 19.8. The second-order valence-electron chi connectivity index (χ2n) is 8.28. The first-order chi connectivity index (χ1) is 16.1. The molecule has 0 aliphatic rings. The van der Waals surface area contributed by atoms with E-state index in [1.165, 1.54) is 6.92 Å². The first-order valence-electron chi connectivity index (χ1n) is 11.0. The van der Waals surface area contributed by atoms with Crippen molar-refractivity contribution in [3.8, 4) is 11.8 Å². The number of Topliss-reactive ketones (excluding diaryl/α,β-unsaturated/α-hetero) is 1. The van der Waals surface area contributed by atoms with Crippen LogP contribution in [0.1, 0.15) is 42.3 Å². The molecule has 0 saturated carbocycles. The molecule has 2 atom stereocenters. The van der Waals surface area contributed by atoms with Crippen LogP contribution < -0.4 is 10.6 Å². The van der Waals surface area contributed by atoms with Crippen molar-refractivity contribution in [2.24, 2.45) is 0 Å². The first-order valence-corrected chi connectivity index (χ1v) is 11.0. The van der Waals surface area contributed by atoms with Gasteiger partial charge in [0, 0.05) is 28.4 Å². The van der Waals surface area contributed by atoms with E-state index in [1.807, 2.05) is 37.9 Å². The second kappa shape index (κ2) is 12.7. The number of benzene rings is 2. The Morgan fingerprint density at radius 2 is 1.47 bits per heavy atom. The summed E-state index contributed by atoms with van der Waals surface area (Å²) in [6, 6.07) is 12.8. The van der Waals surface area contributed by atoms with Crippen LogP contribution in [-0.2, 0) is 9.59 Å². The lowest BCUT2D eigenvalue weighted by molar-refractivity contribution is -0.126. The molecule has 0 fully saturated rings. The van der Waals surface area contributed by atoms with E-state index in [4.69, 9.17) is 5.11 Å². The van der Waals surface area contributed by atoms with Crippen molar-refractivity contribution < 1.29 is 24.6 Å². The molecule has 4 N–H and O–H groups in total. The van der Waals surface area contributed by atoms with Crippen molar-refractivity contribution in [3.63, 3.8) is 0 Å². The fraction of sp³-hybridized carbons (Fsp3) is 0.346. The van der Waals surface area contributed by atoms with Crippen LogP contribution >= 0.6 is 0 Å². The van der Waals surface area contributed by atoms with Gasteiger partial charge in [-0.1, -0.05) is 11.8 Å². The minimum Gasteiger partial charge on any atom is -0.391 e. The van der Waals surface area contributed by atoms with Gasteiger partial charge in [0.15, 0.2) is 5.78 Å². The smallest absolute Gasteiger partial charge is 0.251 e. The first kappa shape index (κ1) is 26.7. The Morgan fingerprint density at radius 3 is 1.94 bits per heavy atom. The largest absolute Gasteiger partial charge is 0.391 e. The molecule has 2 amide bonds. The lowest BCUT2D eigenvalue weighted by Gasteiger charge is -2.20. The van der Waals surface area contributed by atoms with E-state index in [0.717, 1.165) is 5.56 Å². The molecule has 0 radical (unpaired) electrons. The third kappa shape index (κ3) is 8.12. The van der Waals surface area contributed by atoms with Gasteiger partial charge in [-0.3, -0.25) is 19.3 Å². The number of anilines is 1. The summed E-state index contributed by atoms with van der Waals surface area (Å²) in [5.41, 5.74) is 2.44. The molecule has 0 heterocycles. The van der Waals surface area contributed by atoms with Crippen LogP contribution in [0.3, 0.4) is 0 Å². The molecular formula is C26H31N3O5. The zero-order valence-electron chi connectivity index (χ0n) is 19.8. The van der Waals surface area contributed by atoms with E-state index >= 15 is 0 Å². The molecule has 0 spiro atoms. The van der Waals surface area contributed by atoms with Gasteiger partial charge in [0.2, 0.25) is 5.91 Å². The lowest BCUT2D eigenvalue weighted by atomic mass is 10.1. The molecule has 0 saturated heterocycles. The Bertz CT molecular complexity index is 1050. The van der Waals surface area contributed by atoms with E-state index in [9.17, 15) is 19.5 Å². The summed E-state index contributed by atoms with van der Waals surface area (Å²) in [4.78, 5) is 38.1. The highest BCUT2D eigenvalue weighted by Gasteiger charge is 2.25. The average molecular weight is 466 g/mol. The third-order valence-corrected chi connectivity index (χ3v) is 5.21. The molecule has 0 aliphatic carbocycles. The minimum atomic E-state index is -1.18. The third-order valence-electron chi connectivity index (χ3n) is 5.21. The van der Waals surface area contributed by atoms with Gasteiger partial charge in [-0.25, -0.2) is 0 Å². The molecule has 0 aromatic heterocycles. The van der Waals surface area contributed by atoms with E-state index in [1.54, 1.807) is 36.4 Å². The monoisotopic (exact) mass is 465 g/mol. The number of likely N-dealkylation sites (N-methyl/N-ethyl adjacent to an activating group) is 1. The van der Waals surface area contributed by atoms with Gasteiger partial charge in [-0.2, -0.15) is 0 Å². The Hall–Kier alpha value is -3.51. The lowest BCUT2D eigenvalue weighted by Crippen LogP contribution is -2.48. The minimum absolute atomic E-state index is 0.0837. The fourth-order valence-corrected chi connectivity index (χ4v) is 2.89. The molecule has 8 nitrogen and oxygen atoms in total. The van der Waals surface area contributed by atoms with Crippen LogP contribution in [0, 0.1) is 11.8 Å². The van der Waals surface area contributed by atoms with Crippen LogP contribution in [0.25, 0.3) is 0 Å². The molecule has 180 valence electrons. The topological polar surface area (TPSA) is 119 Å². The predicted molar refractivity (Wildman–Crippen MR) is 130 cm³/mol. The highest BCUT2D eigenvalue weighted by atomic mass is 16.3. The highest BCUT2D eigenvalue weighted by Crippen LogP contribution is 2.10. The number of aliphatic hydroxyl groups is 2. The number of amides is 2. The number of nitrogens with one attached hydrogen (secondary N) is 2. The standard InChI is InChI=1S/C26H31N3O5/c1-17(2)29(4)15-24(33)27-22-13-9-20(10-14-22)6-5-19-7-11-21(12-8-19)26(34)28-25(18(3)31)23(32)16-30/h7-14,17-18,25,30-31H,15-16H2,1-4H3,(H,27,33)(H,28,34)/t18-,25+/m1/s1. The van der Waals surface area contributed by atoms with Crippen molar-refractivity contribution >= 4 is 23.3 Å². The summed E-state index contributed by atoms with van der Waals surface area (Å²) in [6.07, 6.45) is -1.13. The van der Waals surface area contributed by atoms with E-state index in [2.05, 4.69) is 22.5 Å². The van der Waals surface area contributed by atoms with E-state index in [-0.39, 0.29) is 11.9 Å². The maximum atomic E-state index is 12.3. The van der Waals surface area contributed by atoms with Crippen LogP contribution in [-0.4, -0.2) is 71.1 Å². The van der Waals surface area contributed by atoms with Crippen LogP contribution in [0.4, 0.5) is 5.69 Å². The molecule has 0 bridgehead atoms. The summed E-state index contributed by atoms with van der Waals surface area (Å²) in [6.45, 7) is 4.95. The normalized spacial score (nSPS) is 12.5. The van der Waals surface area contributed by atoms with Crippen LogP contribution in [0.5, 0.6) is 0 Å². The van der Waals surface area contributed by atoms with Crippen molar-refractivity contribution in [3.05, 3.63) is 65.2 Å². The Kier molecular flexibility index (Phi) is 9.95. The van der Waals surface area contributed by atoms with Gasteiger partial charge in [0.25, 0.3) is 5.91 Å². The summed E-state index contributed by atoms with van der Waals surface area (Å²) < 4.78 is 0. The SMILES string of the molecule is CC(C)N(C)CC(=O)Nc1ccc(C#Cc2ccc(C(=O)N[C@H](C(=O)CO)[C@@H](C)O)cc2)cc1. The van der Waals surface area contributed by atoms with E-state index < -0.39 is 30.4 Å². The van der Waals surface area contributed by atoms with Crippen molar-refractivity contribution in [2.75, 3.05) is 25.5 Å². The van der Waals surface area contributed by atoms with Crippen molar-refractivity contribution in [1.29, 1.82) is 0 Å². The Balaban J connectivity index is 1.98. The summed E-state index contributed by atoms with van der Waals surface area (Å²) in [5.74, 6) is 4.75. The summed E-state index contributed by atoms with van der Waals surface area (Å²) in [5, 5.41) is 23.9. The number of carbonyl (C=O) groups is 3. The molecule has 34 heavy (non-hydrogen) atoms. The molecule has 8 heteroatoms. The number of nitrogens with zero attached hydrogens (tertiary/aromatic N) is 1. The maximum absolute atomic E-state index is 12.3. The van der Waals surface area contributed by atoms with Gasteiger partial charge >= 0.3 is 0 Å². The number of aliphatic hydroxyl groups excluding tert-OH is 2. The van der Waals surface area contributed by atoms with Crippen LogP contribution in [0.15, 0.2) is 48.5 Å². The molecule has 0 aliphatic heterocycles. The predicted octanol–water partition coefficient (Wildman–Crippen LogP) is 1.41. The van der Waals surface area contributed by atoms with Gasteiger partial charge in [0.05, 0.1) is 12.6 Å². The molecule has 2 rings (SSSR count). The molecule has 2 aromatic rings. The molecule has 0 unspecified atom stereocenters. The van der Waals surface area contributed by atoms with Crippen LogP contribution in [0.2, 0.25) is 0 Å². The fourth-order valence-electron chi connectivity index (χ4n) is 2.89. The Morgan fingerprint density at radius 1 is 0.941 bits per heavy atom. The maximum Gasteiger partial charge on any atom is 0.251 e. The highest BCUT2D eigenvalue weighted by molar-refractivity contribution is 5.98. The number of rotatable bonds is 9. The van der Waals surface area contributed by atoms with Gasteiger partial charge in [-0.05, 0) is 76.3 Å². The molecular weight excluding hydrogens is 434 g/mol. The number of hydrogen-bond donors (Lipinski definition) is 4. The number of ketones is 1. The number of carbonyl (C=O) groups excluding carboxylic acids is 3. The zero-order chi connectivity index (χ0) is 25.3. The Labute approximate surface area is 200 Å². The quantitative estimate of drug-likeness (QED) is 0.416. The average Bonchev–Trinajstić information content (AvgIpc) is 2.81. The summed E-state index contributed by atoms with van der Waals surface area (Å²) in [7, 11) is 1.90. The van der Waals surface area contributed by atoms with Gasteiger partial charge in [0.1, 0.15) is 12.6 Å².